The van der Waals surface area contributed by atoms with Gasteiger partial charge in [0, 0.05) is 25.4 Å². The smallest absolute Gasteiger partial charge is 0.253 e. The first-order chi connectivity index (χ1) is 12.3. The van der Waals surface area contributed by atoms with Crippen LogP contribution in [0.5, 0.6) is 0 Å². The summed E-state index contributed by atoms with van der Waals surface area (Å²) in [5, 5.41) is 9.13. The van der Waals surface area contributed by atoms with Crippen LogP contribution in [0.2, 0.25) is 5.02 Å². The van der Waals surface area contributed by atoms with Crippen LogP contribution in [0, 0.1) is 13.8 Å². The molecule has 0 aliphatic rings. The van der Waals surface area contributed by atoms with Crippen LogP contribution in [0.1, 0.15) is 33.0 Å². The van der Waals surface area contributed by atoms with Gasteiger partial charge in [0.15, 0.2) is 0 Å². The monoisotopic (exact) mass is 371 g/mol. The second kappa shape index (κ2) is 7.33. The fraction of sp³-hybridized carbons (Fsp3) is 0.316. The van der Waals surface area contributed by atoms with Crippen LogP contribution in [0.4, 0.5) is 0 Å². The van der Waals surface area contributed by atoms with Crippen LogP contribution in [-0.2, 0) is 20.1 Å². The van der Waals surface area contributed by atoms with E-state index in [-0.39, 0.29) is 5.91 Å². The number of hydrogen-bond donors (Lipinski definition) is 0. The van der Waals surface area contributed by atoms with Gasteiger partial charge >= 0.3 is 0 Å². The summed E-state index contributed by atoms with van der Waals surface area (Å²) in [6.45, 7) is 5.11. The molecule has 26 heavy (non-hydrogen) atoms. The Bertz CT molecular complexity index is 907. The van der Waals surface area contributed by atoms with Crippen molar-refractivity contribution in [2.75, 3.05) is 7.05 Å². The third-order valence-electron chi connectivity index (χ3n) is 4.38. The van der Waals surface area contributed by atoms with Crippen molar-refractivity contribution in [1.82, 2.24) is 24.5 Å². The zero-order valence-corrected chi connectivity index (χ0v) is 16.2. The van der Waals surface area contributed by atoms with Gasteiger partial charge in [-0.2, -0.15) is 10.2 Å². The Morgan fingerprint density at radius 1 is 1.23 bits per heavy atom. The lowest BCUT2D eigenvalue weighted by Crippen LogP contribution is -2.27. The molecular formula is C19H22ClN5O. The molecule has 136 valence electrons. The van der Waals surface area contributed by atoms with E-state index in [4.69, 9.17) is 11.6 Å². The Balaban J connectivity index is 1.69. The fourth-order valence-electron chi connectivity index (χ4n) is 2.89. The van der Waals surface area contributed by atoms with E-state index in [2.05, 4.69) is 16.3 Å². The molecule has 6 nitrogen and oxygen atoms in total. The number of halogens is 1. The lowest BCUT2D eigenvalue weighted by Gasteiger charge is -2.18. The van der Waals surface area contributed by atoms with Gasteiger partial charge in [0.1, 0.15) is 0 Å². The molecule has 0 bridgehead atoms. The second-order valence-electron chi connectivity index (χ2n) is 6.51. The number of hydrogen-bond acceptors (Lipinski definition) is 3. The highest BCUT2D eigenvalue weighted by Crippen LogP contribution is 2.17. The summed E-state index contributed by atoms with van der Waals surface area (Å²) in [6.07, 6.45) is 1.59. The summed E-state index contributed by atoms with van der Waals surface area (Å²) in [5.74, 6) is -0.0556. The molecule has 0 saturated carbocycles. The van der Waals surface area contributed by atoms with Gasteiger partial charge in [0.05, 0.1) is 35.7 Å². The highest BCUT2D eigenvalue weighted by molar-refractivity contribution is 6.31. The third-order valence-corrected chi connectivity index (χ3v) is 4.70. The Labute approximate surface area is 158 Å². The van der Waals surface area contributed by atoms with E-state index in [0.29, 0.717) is 23.7 Å². The van der Waals surface area contributed by atoms with Crippen LogP contribution in [0.3, 0.4) is 0 Å². The highest BCUT2D eigenvalue weighted by Gasteiger charge is 2.16. The number of nitrogens with zero attached hydrogens (tertiary/aromatic N) is 5. The van der Waals surface area contributed by atoms with E-state index in [0.717, 1.165) is 22.6 Å². The summed E-state index contributed by atoms with van der Waals surface area (Å²) in [6, 6.07) is 9.69. The predicted octanol–water partition coefficient (Wildman–Crippen LogP) is 3.21. The molecule has 0 unspecified atom stereocenters. The lowest BCUT2D eigenvalue weighted by molar-refractivity contribution is 0.0782. The van der Waals surface area contributed by atoms with Gasteiger partial charge < -0.3 is 4.90 Å². The molecule has 7 heteroatoms. The van der Waals surface area contributed by atoms with Crippen LogP contribution in [-0.4, -0.2) is 37.4 Å². The van der Waals surface area contributed by atoms with E-state index >= 15 is 0 Å². The quantitative estimate of drug-likeness (QED) is 0.692. The zero-order valence-electron chi connectivity index (χ0n) is 15.4. The molecule has 0 fully saturated rings. The number of amides is 1. The van der Waals surface area contributed by atoms with Crippen LogP contribution in [0.25, 0.3) is 0 Å². The van der Waals surface area contributed by atoms with Gasteiger partial charge in [0.25, 0.3) is 5.91 Å². The van der Waals surface area contributed by atoms with E-state index in [1.54, 1.807) is 22.8 Å². The molecular weight excluding hydrogens is 350 g/mol. The number of benzene rings is 1. The molecule has 0 saturated heterocycles. The summed E-state index contributed by atoms with van der Waals surface area (Å²) in [7, 11) is 3.57. The average Bonchev–Trinajstić information content (AvgIpc) is 3.10. The minimum absolute atomic E-state index is 0.0556. The number of carbonyl (C=O) groups excluding carboxylic acids is 1. The molecule has 0 N–H and O–H groups in total. The van der Waals surface area contributed by atoms with Crippen molar-refractivity contribution in [3.63, 3.8) is 0 Å². The van der Waals surface area contributed by atoms with Crippen molar-refractivity contribution in [2.45, 2.75) is 26.9 Å². The summed E-state index contributed by atoms with van der Waals surface area (Å²) < 4.78 is 3.65. The molecule has 0 atom stereocenters. The molecule has 2 aromatic heterocycles. The third kappa shape index (κ3) is 3.80. The number of aryl methyl sites for hydroxylation is 3. The van der Waals surface area contributed by atoms with Crippen LogP contribution in [0.15, 0.2) is 36.5 Å². The lowest BCUT2D eigenvalue weighted by atomic mass is 10.1. The largest absolute Gasteiger partial charge is 0.336 e. The molecule has 3 rings (SSSR count). The molecule has 0 aliphatic carbocycles. The van der Waals surface area contributed by atoms with Crippen LogP contribution < -0.4 is 0 Å². The molecule has 0 radical (unpaired) electrons. The van der Waals surface area contributed by atoms with Crippen molar-refractivity contribution in [3.8, 4) is 0 Å². The molecule has 0 aliphatic heterocycles. The first kappa shape index (κ1) is 18.2. The zero-order chi connectivity index (χ0) is 18.8. The van der Waals surface area contributed by atoms with E-state index in [9.17, 15) is 4.79 Å². The van der Waals surface area contributed by atoms with Gasteiger partial charge in [-0.15, -0.1) is 0 Å². The Morgan fingerprint density at radius 2 is 1.92 bits per heavy atom. The van der Waals surface area contributed by atoms with Crippen molar-refractivity contribution >= 4 is 17.5 Å². The molecule has 3 aromatic rings. The second-order valence-corrected chi connectivity index (χ2v) is 6.91. The average molecular weight is 372 g/mol. The number of rotatable bonds is 5. The van der Waals surface area contributed by atoms with Crippen molar-refractivity contribution in [3.05, 3.63) is 69.8 Å². The fourth-order valence-corrected chi connectivity index (χ4v) is 3.12. The van der Waals surface area contributed by atoms with Crippen molar-refractivity contribution in [1.29, 1.82) is 0 Å². The van der Waals surface area contributed by atoms with Gasteiger partial charge in [-0.25, -0.2) is 0 Å². The summed E-state index contributed by atoms with van der Waals surface area (Å²) >= 11 is 6.12. The normalized spacial score (nSPS) is 11.0. The SMILES string of the molecule is Cc1cc(C)n(Cc2ccc(C(=O)N(C)Cc3c(Cl)cnn3C)cc2)n1. The topological polar surface area (TPSA) is 56.0 Å². The highest BCUT2D eigenvalue weighted by atomic mass is 35.5. The van der Waals surface area contributed by atoms with E-state index < -0.39 is 0 Å². The first-order valence-electron chi connectivity index (χ1n) is 8.37. The van der Waals surface area contributed by atoms with Crippen molar-refractivity contribution in [2.24, 2.45) is 7.05 Å². The minimum atomic E-state index is -0.0556. The van der Waals surface area contributed by atoms with Gasteiger partial charge in [-0.1, -0.05) is 23.7 Å². The Kier molecular flexibility index (Phi) is 5.13. The molecule has 0 spiro atoms. The number of carbonyl (C=O) groups is 1. The maximum Gasteiger partial charge on any atom is 0.253 e. The van der Waals surface area contributed by atoms with Crippen LogP contribution >= 0.6 is 11.6 Å². The van der Waals surface area contributed by atoms with Crippen molar-refractivity contribution < 1.29 is 4.79 Å². The van der Waals surface area contributed by atoms with Gasteiger partial charge in [-0.3, -0.25) is 14.2 Å². The maximum absolute atomic E-state index is 12.7. The first-order valence-corrected chi connectivity index (χ1v) is 8.75. The summed E-state index contributed by atoms with van der Waals surface area (Å²) in [5.41, 5.74) is 4.68. The summed E-state index contributed by atoms with van der Waals surface area (Å²) in [4.78, 5) is 14.3. The molecule has 2 heterocycles. The van der Waals surface area contributed by atoms with E-state index in [1.165, 1.54) is 0 Å². The Morgan fingerprint density at radius 3 is 2.46 bits per heavy atom. The minimum Gasteiger partial charge on any atom is -0.336 e. The number of aromatic nitrogens is 4. The van der Waals surface area contributed by atoms with Gasteiger partial charge in [-0.05, 0) is 37.6 Å². The Hall–Kier alpha value is -2.60. The maximum atomic E-state index is 12.7. The predicted molar refractivity (Wildman–Crippen MR) is 101 cm³/mol. The van der Waals surface area contributed by atoms with E-state index in [1.807, 2.05) is 49.8 Å². The molecule has 1 aromatic carbocycles. The standard InChI is InChI=1S/C19H22ClN5O/c1-13-9-14(2)25(22-13)11-15-5-7-16(8-6-15)19(26)23(3)12-18-17(20)10-21-24(18)4/h5-10H,11-12H2,1-4H3. The molecule has 1 amide bonds. The van der Waals surface area contributed by atoms with Gasteiger partial charge in [0.2, 0.25) is 0 Å².